The van der Waals surface area contributed by atoms with E-state index in [-0.39, 0.29) is 19.3 Å². The van der Waals surface area contributed by atoms with Crippen LogP contribution in [0.15, 0.2) is 42.9 Å². The summed E-state index contributed by atoms with van der Waals surface area (Å²) in [5.74, 6) is -2.89. The minimum Gasteiger partial charge on any atom is -0.480 e. The molecule has 0 saturated carbocycles. The molecule has 0 saturated heterocycles. The average molecular weight is 521 g/mol. The molecule has 0 aliphatic carbocycles. The predicted octanol–water partition coefficient (Wildman–Crippen LogP) is -1.19. The summed E-state index contributed by atoms with van der Waals surface area (Å²) in [6, 6.07) is 4.24. The van der Waals surface area contributed by atoms with Gasteiger partial charge in [-0.25, -0.2) is 9.78 Å². The van der Waals surface area contributed by atoms with Crippen LogP contribution in [0, 0.1) is 0 Å². The van der Waals surface area contributed by atoms with Gasteiger partial charge in [-0.15, -0.1) is 0 Å². The van der Waals surface area contributed by atoms with Gasteiger partial charge in [-0.1, -0.05) is 30.3 Å². The van der Waals surface area contributed by atoms with Gasteiger partial charge in [-0.3, -0.25) is 14.4 Å². The lowest BCUT2D eigenvalue weighted by Crippen LogP contribution is -2.58. The Hall–Kier alpha value is -3.42. The zero-order valence-electron chi connectivity index (χ0n) is 19.8. The first-order valence-electron chi connectivity index (χ1n) is 11.3. The quantitative estimate of drug-likeness (QED) is 0.151. The molecule has 0 fully saturated rings. The fraction of sp³-hybridized carbons (Fsp3) is 0.435. The minimum atomic E-state index is -1.41. The summed E-state index contributed by atoms with van der Waals surface area (Å²) in [6.45, 7) is -0.766. The summed E-state index contributed by atoms with van der Waals surface area (Å²) in [5.41, 5.74) is 7.39. The number of carboxylic acid groups (broad SMARTS) is 1. The number of benzene rings is 1. The van der Waals surface area contributed by atoms with Gasteiger partial charge >= 0.3 is 5.97 Å². The van der Waals surface area contributed by atoms with Crippen molar-refractivity contribution in [2.45, 2.75) is 43.4 Å². The van der Waals surface area contributed by atoms with Crippen molar-refractivity contribution in [3.05, 3.63) is 54.1 Å². The first-order valence-corrected chi connectivity index (χ1v) is 12.6. The first kappa shape index (κ1) is 28.8. The molecular formula is C23H32N6O6S. The van der Waals surface area contributed by atoms with Crippen LogP contribution in [0.2, 0.25) is 0 Å². The number of amides is 3. The van der Waals surface area contributed by atoms with Crippen LogP contribution >= 0.6 is 11.8 Å². The third-order valence-electron chi connectivity index (χ3n) is 5.29. The maximum atomic E-state index is 13.1. The Morgan fingerprint density at radius 1 is 1.00 bits per heavy atom. The Bertz CT molecular complexity index is 990. The van der Waals surface area contributed by atoms with Crippen LogP contribution in [0.1, 0.15) is 17.7 Å². The number of hydrogen-bond acceptors (Lipinski definition) is 8. The van der Waals surface area contributed by atoms with Crippen LogP contribution in [0.25, 0.3) is 0 Å². The molecule has 196 valence electrons. The molecule has 8 N–H and O–H groups in total. The molecule has 0 radical (unpaired) electrons. The first-order chi connectivity index (χ1) is 17.2. The van der Waals surface area contributed by atoms with Crippen LogP contribution in [0.3, 0.4) is 0 Å². The highest BCUT2D eigenvalue weighted by molar-refractivity contribution is 7.98. The fourth-order valence-electron chi connectivity index (χ4n) is 3.30. The summed E-state index contributed by atoms with van der Waals surface area (Å²) in [5, 5.41) is 26.4. The van der Waals surface area contributed by atoms with Gasteiger partial charge in [0.25, 0.3) is 0 Å². The van der Waals surface area contributed by atoms with Gasteiger partial charge in [0.05, 0.1) is 19.0 Å². The molecule has 0 spiro atoms. The van der Waals surface area contributed by atoms with Crippen molar-refractivity contribution in [1.29, 1.82) is 0 Å². The number of aromatic amines is 1. The number of aliphatic hydroxyl groups is 1. The molecule has 13 heteroatoms. The van der Waals surface area contributed by atoms with Crippen molar-refractivity contribution in [3.63, 3.8) is 0 Å². The van der Waals surface area contributed by atoms with Gasteiger partial charge in [-0.2, -0.15) is 11.8 Å². The SMILES string of the molecule is CSCCC(NC(=O)C(CO)NC(=O)C(Cc1ccccc1)NC(=O)C(N)Cc1cnc[nH]1)C(=O)O. The van der Waals surface area contributed by atoms with Gasteiger partial charge in [0.2, 0.25) is 17.7 Å². The Labute approximate surface area is 212 Å². The monoisotopic (exact) mass is 520 g/mol. The zero-order chi connectivity index (χ0) is 26.5. The molecular weight excluding hydrogens is 488 g/mol. The Kier molecular flexibility index (Phi) is 11.9. The molecule has 2 rings (SSSR count). The number of nitrogens with zero attached hydrogens (tertiary/aromatic N) is 1. The average Bonchev–Trinajstić information content (AvgIpc) is 3.37. The Morgan fingerprint density at radius 3 is 2.22 bits per heavy atom. The van der Waals surface area contributed by atoms with Gasteiger partial charge in [-0.05, 0) is 24.0 Å². The van der Waals surface area contributed by atoms with Gasteiger partial charge in [0, 0.05) is 24.7 Å². The topological polar surface area (TPSA) is 200 Å². The predicted molar refractivity (Wildman–Crippen MR) is 134 cm³/mol. The van der Waals surface area contributed by atoms with E-state index in [1.807, 2.05) is 0 Å². The van der Waals surface area contributed by atoms with Crippen LogP contribution in [0.4, 0.5) is 0 Å². The maximum absolute atomic E-state index is 13.1. The molecule has 0 bridgehead atoms. The van der Waals surface area contributed by atoms with Crippen molar-refractivity contribution in [2.75, 3.05) is 18.6 Å². The van der Waals surface area contributed by atoms with E-state index in [0.717, 1.165) is 5.56 Å². The highest BCUT2D eigenvalue weighted by atomic mass is 32.2. The number of imidazole rings is 1. The smallest absolute Gasteiger partial charge is 0.326 e. The molecule has 1 heterocycles. The second-order valence-electron chi connectivity index (χ2n) is 8.06. The maximum Gasteiger partial charge on any atom is 0.326 e. The van der Waals surface area contributed by atoms with Crippen LogP contribution in [-0.4, -0.2) is 86.7 Å². The lowest BCUT2D eigenvalue weighted by Gasteiger charge is -2.24. The number of nitrogens with two attached hydrogens (primary N) is 1. The molecule has 4 atom stereocenters. The van der Waals surface area contributed by atoms with Crippen LogP contribution in [0.5, 0.6) is 0 Å². The number of nitrogens with one attached hydrogen (secondary N) is 4. The number of carbonyl (C=O) groups excluding carboxylic acids is 3. The molecule has 36 heavy (non-hydrogen) atoms. The van der Waals surface area contributed by atoms with Crippen molar-refractivity contribution in [2.24, 2.45) is 5.73 Å². The summed E-state index contributed by atoms with van der Waals surface area (Å²) in [6.07, 6.45) is 5.24. The van der Waals surface area contributed by atoms with Crippen molar-refractivity contribution in [3.8, 4) is 0 Å². The standard InChI is InChI=1S/C23H32N6O6S/c1-36-8-7-17(23(34)35)27-22(33)19(12-30)29-21(32)18(9-14-5-3-2-4-6-14)28-20(31)16(24)10-15-11-25-13-26-15/h2-6,11,13,16-19,30H,7-10,12,24H2,1H3,(H,25,26)(H,27,33)(H,28,31)(H,29,32)(H,34,35). The summed E-state index contributed by atoms with van der Waals surface area (Å²) >= 11 is 1.42. The lowest BCUT2D eigenvalue weighted by molar-refractivity contribution is -0.142. The van der Waals surface area contributed by atoms with Crippen molar-refractivity contribution in [1.82, 2.24) is 25.9 Å². The van der Waals surface area contributed by atoms with Gasteiger partial charge in [0.1, 0.15) is 18.1 Å². The molecule has 1 aromatic carbocycles. The summed E-state index contributed by atoms with van der Waals surface area (Å²) < 4.78 is 0. The molecule has 0 aliphatic heterocycles. The minimum absolute atomic E-state index is 0.0977. The van der Waals surface area contributed by atoms with E-state index in [0.29, 0.717) is 11.4 Å². The number of H-pyrrole nitrogens is 1. The third kappa shape index (κ3) is 9.32. The number of aliphatic hydroxyl groups excluding tert-OH is 1. The highest BCUT2D eigenvalue weighted by Gasteiger charge is 2.30. The molecule has 2 aromatic rings. The highest BCUT2D eigenvalue weighted by Crippen LogP contribution is 2.06. The van der Waals surface area contributed by atoms with E-state index in [9.17, 15) is 29.4 Å². The second kappa shape index (κ2) is 14.9. The van der Waals surface area contributed by atoms with Gasteiger partial charge in [0.15, 0.2) is 0 Å². The summed E-state index contributed by atoms with van der Waals surface area (Å²) in [4.78, 5) is 56.6. The zero-order valence-corrected chi connectivity index (χ0v) is 20.7. The van der Waals surface area contributed by atoms with Crippen molar-refractivity contribution >= 4 is 35.5 Å². The van der Waals surface area contributed by atoms with E-state index in [2.05, 4.69) is 25.9 Å². The van der Waals surface area contributed by atoms with E-state index in [4.69, 9.17) is 5.73 Å². The normalized spacial score (nSPS) is 14.2. The van der Waals surface area contributed by atoms with Crippen LogP contribution in [-0.2, 0) is 32.0 Å². The number of aromatic nitrogens is 2. The van der Waals surface area contributed by atoms with E-state index >= 15 is 0 Å². The van der Waals surface area contributed by atoms with Crippen LogP contribution < -0.4 is 21.7 Å². The molecule has 3 amide bonds. The lowest BCUT2D eigenvalue weighted by atomic mass is 10.0. The Morgan fingerprint density at radius 2 is 1.64 bits per heavy atom. The second-order valence-corrected chi connectivity index (χ2v) is 9.05. The fourth-order valence-corrected chi connectivity index (χ4v) is 3.77. The van der Waals surface area contributed by atoms with Crippen molar-refractivity contribution < 1.29 is 29.4 Å². The van der Waals surface area contributed by atoms with Gasteiger partial charge < -0.3 is 36.9 Å². The van der Waals surface area contributed by atoms with E-state index in [1.54, 1.807) is 36.6 Å². The number of hydrogen-bond donors (Lipinski definition) is 7. The Balaban J connectivity index is 2.10. The number of rotatable bonds is 15. The largest absolute Gasteiger partial charge is 0.480 e. The molecule has 4 unspecified atom stereocenters. The number of aliphatic carboxylic acids is 1. The third-order valence-corrected chi connectivity index (χ3v) is 5.93. The van der Waals surface area contributed by atoms with E-state index in [1.165, 1.54) is 24.3 Å². The molecule has 12 nitrogen and oxygen atoms in total. The molecule has 1 aromatic heterocycles. The number of carbonyl (C=O) groups is 4. The summed E-state index contributed by atoms with van der Waals surface area (Å²) in [7, 11) is 0. The van der Waals surface area contributed by atoms with E-state index < -0.39 is 54.5 Å². The number of thioether (sulfide) groups is 1. The number of carboxylic acids is 1. The molecule has 0 aliphatic rings.